The number of aryl methyl sites for hydroxylation is 2. The van der Waals surface area contributed by atoms with Gasteiger partial charge in [0, 0.05) is 28.2 Å². The average Bonchev–Trinajstić information content (AvgIpc) is 3.20. The molecule has 0 aliphatic carbocycles. The quantitative estimate of drug-likeness (QED) is 0.330. The normalized spacial score (nSPS) is 11.0. The van der Waals surface area contributed by atoms with E-state index >= 15 is 0 Å². The van der Waals surface area contributed by atoms with Crippen LogP contribution in [-0.2, 0) is 4.74 Å². The van der Waals surface area contributed by atoms with Crippen LogP contribution in [0.25, 0.3) is 4.96 Å². The SMILES string of the molecule is Cc1cc(=O)n2c(C(=O)Nc3cccc(C(=O)OC(C)C)c3)c(C(=O)Nc3ccc(Cl)cc3C)sc2n1. The first-order valence-corrected chi connectivity index (χ1v) is 12.5. The predicted molar refractivity (Wildman–Crippen MR) is 143 cm³/mol. The number of nitrogens with zero attached hydrogens (tertiary/aromatic N) is 2. The molecule has 190 valence electrons. The smallest absolute Gasteiger partial charge is 0.338 e. The third kappa shape index (κ3) is 5.71. The number of hydrogen-bond acceptors (Lipinski definition) is 7. The minimum atomic E-state index is -0.716. The first-order valence-electron chi connectivity index (χ1n) is 11.3. The van der Waals surface area contributed by atoms with Gasteiger partial charge in [0.25, 0.3) is 17.4 Å². The van der Waals surface area contributed by atoms with E-state index in [4.69, 9.17) is 16.3 Å². The lowest BCUT2D eigenvalue weighted by molar-refractivity contribution is 0.0377. The number of hydrogen-bond donors (Lipinski definition) is 2. The maximum absolute atomic E-state index is 13.5. The number of carbonyl (C=O) groups is 3. The highest BCUT2D eigenvalue weighted by Gasteiger charge is 2.27. The summed E-state index contributed by atoms with van der Waals surface area (Å²) >= 11 is 6.94. The molecule has 2 amide bonds. The highest BCUT2D eigenvalue weighted by atomic mass is 35.5. The summed E-state index contributed by atoms with van der Waals surface area (Å²) in [6.07, 6.45) is -0.309. The number of amides is 2. The van der Waals surface area contributed by atoms with Crippen LogP contribution in [0, 0.1) is 13.8 Å². The molecule has 0 aliphatic heterocycles. The molecule has 0 saturated heterocycles. The summed E-state index contributed by atoms with van der Waals surface area (Å²) in [5.41, 5.74) is 1.55. The summed E-state index contributed by atoms with van der Waals surface area (Å²) in [5, 5.41) is 5.98. The van der Waals surface area contributed by atoms with Crippen molar-refractivity contribution in [3.8, 4) is 0 Å². The summed E-state index contributed by atoms with van der Waals surface area (Å²) in [6, 6.07) is 12.5. The molecule has 4 rings (SSSR count). The average molecular weight is 539 g/mol. The topological polar surface area (TPSA) is 119 Å². The molecule has 0 bridgehead atoms. The van der Waals surface area contributed by atoms with Gasteiger partial charge in [-0.25, -0.2) is 14.2 Å². The van der Waals surface area contributed by atoms with Crippen LogP contribution in [0.2, 0.25) is 5.02 Å². The molecule has 2 heterocycles. The Morgan fingerprint density at radius 3 is 2.49 bits per heavy atom. The van der Waals surface area contributed by atoms with Crippen LogP contribution in [-0.4, -0.2) is 33.3 Å². The lowest BCUT2D eigenvalue weighted by atomic mass is 10.2. The van der Waals surface area contributed by atoms with Gasteiger partial charge in [-0.15, -0.1) is 0 Å². The van der Waals surface area contributed by atoms with Gasteiger partial charge in [-0.2, -0.15) is 0 Å². The fourth-order valence-corrected chi connectivity index (χ4v) is 4.88. The molecule has 0 unspecified atom stereocenters. The number of rotatable bonds is 6. The van der Waals surface area contributed by atoms with Gasteiger partial charge < -0.3 is 15.4 Å². The van der Waals surface area contributed by atoms with Crippen molar-refractivity contribution in [2.75, 3.05) is 10.6 Å². The number of esters is 1. The third-order valence-electron chi connectivity index (χ3n) is 5.20. The Morgan fingerprint density at radius 2 is 1.78 bits per heavy atom. The summed E-state index contributed by atoms with van der Waals surface area (Å²) in [5.74, 6) is -1.84. The van der Waals surface area contributed by atoms with Crippen LogP contribution >= 0.6 is 22.9 Å². The van der Waals surface area contributed by atoms with Crippen molar-refractivity contribution in [2.45, 2.75) is 33.8 Å². The van der Waals surface area contributed by atoms with Gasteiger partial charge in [0.15, 0.2) is 4.96 Å². The first kappa shape index (κ1) is 26.1. The van der Waals surface area contributed by atoms with E-state index in [9.17, 15) is 19.2 Å². The minimum absolute atomic E-state index is 0.00239. The van der Waals surface area contributed by atoms with E-state index in [0.29, 0.717) is 16.4 Å². The maximum Gasteiger partial charge on any atom is 0.338 e. The number of anilines is 2. The molecule has 2 aromatic carbocycles. The van der Waals surface area contributed by atoms with Crippen LogP contribution in [0.15, 0.2) is 53.3 Å². The first-order chi connectivity index (χ1) is 17.5. The second-order valence-electron chi connectivity index (χ2n) is 8.54. The summed E-state index contributed by atoms with van der Waals surface area (Å²) in [6.45, 7) is 6.90. The highest BCUT2D eigenvalue weighted by molar-refractivity contribution is 7.19. The molecule has 2 N–H and O–H groups in total. The second-order valence-corrected chi connectivity index (χ2v) is 9.95. The summed E-state index contributed by atoms with van der Waals surface area (Å²) in [4.78, 5) is 56.5. The van der Waals surface area contributed by atoms with E-state index in [2.05, 4.69) is 15.6 Å². The largest absolute Gasteiger partial charge is 0.459 e. The molecule has 0 radical (unpaired) electrons. The third-order valence-corrected chi connectivity index (χ3v) is 6.48. The number of aromatic nitrogens is 2. The number of thiazole rings is 1. The number of ether oxygens (including phenoxy) is 1. The number of nitrogens with one attached hydrogen (secondary N) is 2. The Morgan fingerprint density at radius 1 is 1.03 bits per heavy atom. The van der Waals surface area contributed by atoms with Crippen LogP contribution in [0.3, 0.4) is 0 Å². The molecule has 0 fully saturated rings. The van der Waals surface area contributed by atoms with Crippen molar-refractivity contribution in [2.24, 2.45) is 0 Å². The lowest BCUT2D eigenvalue weighted by Crippen LogP contribution is -2.25. The predicted octanol–water partition coefficient (Wildman–Crippen LogP) is 5.10. The highest BCUT2D eigenvalue weighted by Crippen LogP contribution is 2.26. The number of carbonyl (C=O) groups excluding carboxylic acids is 3. The van der Waals surface area contributed by atoms with Gasteiger partial charge >= 0.3 is 5.97 Å². The van der Waals surface area contributed by atoms with Crippen molar-refractivity contribution in [3.05, 3.63) is 91.3 Å². The Labute approximate surface area is 221 Å². The molecule has 4 aromatic rings. The van der Waals surface area contributed by atoms with Crippen LogP contribution in [0.4, 0.5) is 11.4 Å². The number of halogens is 1. The van der Waals surface area contributed by atoms with Gasteiger partial charge in [-0.1, -0.05) is 29.0 Å². The molecular formula is C26H23ClN4O5S. The molecule has 0 spiro atoms. The summed E-state index contributed by atoms with van der Waals surface area (Å²) < 4.78 is 6.32. The summed E-state index contributed by atoms with van der Waals surface area (Å²) in [7, 11) is 0. The minimum Gasteiger partial charge on any atom is -0.459 e. The molecule has 0 saturated carbocycles. The van der Waals surface area contributed by atoms with E-state index in [1.54, 1.807) is 64.1 Å². The van der Waals surface area contributed by atoms with E-state index in [1.165, 1.54) is 12.1 Å². The van der Waals surface area contributed by atoms with E-state index in [0.717, 1.165) is 21.3 Å². The van der Waals surface area contributed by atoms with E-state index < -0.39 is 23.3 Å². The zero-order valence-corrected chi connectivity index (χ0v) is 22.0. The van der Waals surface area contributed by atoms with Gasteiger partial charge in [-0.05, 0) is 69.7 Å². The second kappa shape index (κ2) is 10.5. The Hall–Kier alpha value is -4.02. The van der Waals surface area contributed by atoms with Gasteiger partial charge in [0.1, 0.15) is 10.6 Å². The molecule has 11 heteroatoms. The fourth-order valence-electron chi connectivity index (χ4n) is 3.59. The molecule has 2 aromatic heterocycles. The lowest BCUT2D eigenvalue weighted by Gasteiger charge is -2.11. The van der Waals surface area contributed by atoms with Crippen molar-refractivity contribution < 1.29 is 19.1 Å². The van der Waals surface area contributed by atoms with Crippen molar-refractivity contribution in [1.29, 1.82) is 0 Å². The van der Waals surface area contributed by atoms with Crippen LogP contribution in [0.5, 0.6) is 0 Å². The van der Waals surface area contributed by atoms with Crippen molar-refractivity contribution in [3.63, 3.8) is 0 Å². The number of fused-ring (bicyclic) bond motifs is 1. The van der Waals surface area contributed by atoms with Crippen molar-refractivity contribution >= 4 is 57.1 Å². The molecule has 37 heavy (non-hydrogen) atoms. The molecular weight excluding hydrogens is 516 g/mol. The van der Waals surface area contributed by atoms with Crippen molar-refractivity contribution in [1.82, 2.24) is 9.38 Å². The Bertz CT molecular complexity index is 1610. The van der Waals surface area contributed by atoms with Crippen LogP contribution in [0.1, 0.15) is 55.6 Å². The van der Waals surface area contributed by atoms with Gasteiger partial charge in [0.2, 0.25) is 0 Å². The molecule has 0 atom stereocenters. The van der Waals surface area contributed by atoms with Gasteiger partial charge in [-0.3, -0.25) is 14.4 Å². The van der Waals surface area contributed by atoms with Gasteiger partial charge in [0.05, 0.1) is 11.7 Å². The molecule has 0 aliphatic rings. The molecule has 9 nitrogen and oxygen atoms in total. The van der Waals surface area contributed by atoms with E-state index in [1.807, 2.05) is 0 Å². The number of benzene rings is 2. The Kier molecular flexibility index (Phi) is 7.42. The zero-order valence-electron chi connectivity index (χ0n) is 20.4. The Balaban J connectivity index is 1.74. The standard InChI is InChI=1S/C26H23ClN4O5S/c1-13(2)36-25(35)16-6-5-7-18(12-16)29-23(33)21-22(37-26-28-15(4)11-20(32)31(21)26)24(34)30-19-9-8-17(27)10-14(19)3/h5-13H,1-4H3,(H,29,33)(H,30,34). The fraction of sp³-hybridized carbons (Fsp3) is 0.192. The zero-order chi connectivity index (χ0) is 26.9. The monoisotopic (exact) mass is 538 g/mol. The maximum atomic E-state index is 13.5. The van der Waals surface area contributed by atoms with Crippen LogP contribution < -0.4 is 16.2 Å². The van der Waals surface area contributed by atoms with E-state index in [-0.39, 0.29) is 32.9 Å².